The molecule has 6 nitrogen and oxygen atoms in total. The Morgan fingerprint density at radius 2 is 1.72 bits per heavy atom. The van der Waals surface area contributed by atoms with Gasteiger partial charge in [0.2, 0.25) is 0 Å². The molecule has 1 atom stereocenters. The number of hydrogen-bond donors (Lipinski definition) is 1. The fourth-order valence-corrected chi connectivity index (χ4v) is 2.83. The highest BCUT2D eigenvalue weighted by Crippen LogP contribution is 2.37. The van der Waals surface area contributed by atoms with E-state index in [1.165, 1.54) is 21.3 Å². The number of methoxy groups -OCH3 is 3. The number of halogens is 1. The molecular formula is C18H17BrN2O4. The van der Waals surface area contributed by atoms with Crippen LogP contribution in [-0.2, 0) is 9.53 Å². The van der Waals surface area contributed by atoms with Crippen molar-refractivity contribution < 1.29 is 19.0 Å². The Kier molecular flexibility index (Phi) is 6.25. The Morgan fingerprint density at radius 1 is 1.12 bits per heavy atom. The van der Waals surface area contributed by atoms with Gasteiger partial charge < -0.3 is 19.5 Å². The summed E-state index contributed by atoms with van der Waals surface area (Å²) in [5.41, 5.74) is 1.84. The SMILES string of the molecule is COC(=O)C(Nc1ccc(C#N)cc1)c1cc(OC)c(OC)cc1Br. The van der Waals surface area contributed by atoms with E-state index in [4.69, 9.17) is 19.5 Å². The fourth-order valence-electron chi connectivity index (χ4n) is 2.28. The van der Waals surface area contributed by atoms with E-state index < -0.39 is 12.0 Å². The molecule has 0 heterocycles. The molecule has 0 bridgehead atoms. The van der Waals surface area contributed by atoms with E-state index in [9.17, 15) is 4.79 Å². The van der Waals surface area contributed by atoms with Crippen LogP contribution in [0.2, 0.25) is 0 Å². The minimum absolute atomic E-state index is 0.461. The first-order valence-electron chi connectivity index (χ1n) is 7.30. The monoisotopic (exact) mass is 404 g/mol. The lowest BCUT2D eigenvalue weighted by molar-refractivity contribution is -0.141. The van der Waals surface area contributed by atoms with E-state index in [1.807, 2.05) is 0 Å². The Balaban J connectivity index is 2.43. The minimum Gasteiger partial charge on any atom is -0.493 e. The summed E-state index contributed by atoms with van der Waals surface area (Å²) in [5.74, 6) is 0.577. The zero-order valence-corrected chi connectivity index (χ0v) is 15.6. The smallest absolute Gasteiger partial charge is 0.333 e. The Bertz CT molecular complexity index is 800. The quantitative estimate of drug-likeness (QED) is 0.739. The number of esters is 1. The van der Waals surface area contributed by atoms with E-state index in [1.54, 1.807) is 36.4 Å². The third kappa shape index (κ3) is 4.22. The topological polar surface area (TPSA) is 80.6 Å². The van der Waals surface area contributed by atoms with Gasteiger partial charge in [0.15, 0.2) is 17.5 Å². The van der Waals surface area contributed by atoms with Gasteiger partial charge in [0.05, 0.1) is 33.0 Å². The van der Waals surface area contributed by atoms with Crippen LogP contribution < -0.4 is 14.8 Å². The minimum atomic E-state index is -0.771. The van der Waals surface area contributed by atoms with Crippen molar-refractivity contribution in [2.75, 3.05) is 26.6 Å². The number of nitrogens with zero attached hydrogens (tertiary/aromatic N) is 1. The molecule has 0 fully saturated rings. The molecule has 0 radical (unpaired) electrons. The highest BCUT2D eigenvalue weighted by Gasteiger charge is 2.25. The predicted molar refractivity (Wildman–Crippen MR) is 96.8 cm³/mol. The summed E-state index contributed by atoms with van der Waals surface area (Å²) in [6.45, 7) is 0. The number of rotatable bonds is 6. The largest absolute Gasteiger partial charge is 0.493 e. The molecular weight excluding hydrogens is 388 g/mol. The normalized spacial score (nSPS) is 11.2. The molecule has 2 aromatic carbocycles. The molecule has 0 saturated carbocycles. The molecule has 130 valence electrons. The van der Waals surface area contributed by atoms with Crippen LogP contribution in [0.1, 0.15) is 17.2 Å². The summed E-state index contributed by atoms with van der Waals surface area (Å²) in [6, 6.07) is 11.5. The number of nitrogens with one attached hydrogen (secondary N) is 1. The van der Waals surface area contributed by atoms with Crippen LogP contribution in [0.4, 0.5) is 5.69 Å². The first kappa shape index (κ1) is 18.6. The lowest BCUT2D eigenvalue weighted by Gasteiger charge is -2.21. The molecule has 2 aromatic rings. The van der Waals surface area contributed by atoms with E-state index in [0.29, 0.717) is 32.8 Å². The van der Waals surface area contributed by atoms with Crippen LogP contribution >= 0.6 is 15.9 Å². The van der Waals surface area contributed by atoms with E-state index in [2.05, 4.69) is 27.3 Å². The number of carbonyl (C=O) groups is 1. The van der Waals surface area contributed by atoms with Crippen molar-refractivity contribution in [2.45, 2.75) is 6.04 Å². The lowest BCUT2D eigenvalue weighted by atomic mass is 10.1. The molecule has 0 saturated heterocycles. The van der Waals surface area contributed by atoms with Crippen molar-refractivity contribution in [1.82, 2.24) is 0 Å². The van der Waals surface area contributed by atoms with Gasteiger partial charge in [0.1, 0.15) is 0 Å². The van der Waals surface area contributed by atoms with E-state index in [0.717, 1.165) is 0 Å². The molecule has 0 spiro atoms. The van der Waals surface area contributed by atoms with Gasteiger partial charge in [-0.15, -0.1) is 0 Å². The third-order valence-electron chi connectivity index (χ3n) is 3.58. The summed E-state index contributed by atoms with van der Waals surface area (Å²) >= 11 is 3.46. The van der Waals surface area contributed by atoms with Crippen molar-refractivity contribution in [1.29, 1.82) is 5.26 Å². The summed E-state index contributed by atoms with van der Waals surface area (Å²) in [4.78, 5) is 12.3. The molecule has 7 heteroatoms. The lowest BCUT2D eigenvalue weighted by Crippen LogP contribution is -2.23. The fraction of sp³-hybridized carbons (Fsp3) is 0.222. The molecule has 0 aromatic heterocycles. The van der Waals surface area contributed by atoms with Crippen molar-refractivity contribution in [2.24, 2.45) is 0 Å². The maximum Gasteiger partial charge on any atom is 0.333 e. The first-order valence-corrected chi connectivity index (χ1v) is 8.09. The van der Waals surface area contributed by atoms with Crippen molar-refractivity contribution in [3.63, 3.8) is 0 Å². The average molecular weight is 405 g/mol. The highest BCUT2D eigenvalue weighted by molar-refractivity contribution is 9.10. The van der Waals surface area contributed by atoms with Crippen LogP contribution in [0.15, 0.2) is 40.9 Å². The van der Waals surface area contributed by atoms with Crippen LogP contribution in [0.3, 0.4) is 0 Å². The van der Waals surface area contributed by atoms with E-state index >= 15 is 0 Å². The Labute approximate surface area is 154 Å². The molecule has 25 heavy (non-hydrogen) atoms. The second-order valence-corrected chi connectivity index (χ2v) is 5.87. The van der Waals surface area contributed by atoms with Crippen molar-refractivity contribution >= 4 is 27.6 Å². The summed E-state index contributed by atoms with van der Waals surface area (Å²) in [6.07, 6.45) is 0. The van der Waals surface area contributed by atoms with E-state index in [-0.39, 0.29) is 0 Å². The molecule has 0 amide bonds. The van der Waals surface area contributed by atoms with Crippen LogP contribution in [0.25, 0.3) is 0 Å². The summed E-state index contributed by atoms with van der Waals surface area (Å²) in [5, 5.41) is 12.0. The van der Waals surface area contributed by atoms with Crippen LogP contribution in [0.5, 0.6) is 11.5 Å². The third-order valence-corrected chi connectivity index (χ3v) is 4.26. The maximum atomic E-state index is 12.3. The van der Waals surface area contributed by atoms with Gasteiger partial charge in [-0.25, -0.2) is 4.79 Å². The molecule has 0 aliphatic carbocycles. The second-order valence-electron chi connectivity index (χ2n) is 5.02. The number of benzene rings is 2. The van der Waals surface area contributed by atoms with Crippen molar-refractivity contribution in [3.05, 3.63) is 52.0 Å². The highest BCUT2D eigenvalue weighted by atomic mass is 79.9. The molecule has 2 rings (SSSR count). The number of ether oxygens (including phenoxy) is 3. The number of carbonyl (C=O) groups excluding carboxylic acids is 1. The van der Waals surface area contributed by atoms with Gasteiger partial charge in [0.25, 0.3) is 0 Å². The summed E-state index contributed by atoms with van der Waals surface area (Å²) < 4.78 is 16.2. The van der Waals surface area contributed by atoms with Gasteiger partial charge in [0, 0.05) is 15.7 Å². The molecule has 1 unspecified atom stereocenters. The zero-order valence-electron chi connectivity index (χ0n) is 14.0. The zero-order chi connectivity index (χ0) is 18.4. The predicted octanol–water partition coefficient (Wildman–Crippen LogP) is 3.66. The average Bonchev–Trinajstić information content (AvgIpc) is 2.65. The number of hydrogen-bond acceptors (Lipinski definition) is 6. The Morgan fingerprint density at radius 3 is 2.24 bits per heavy atom. The van der Waals surface area contributed by atoms with Crippen LogP contribution in [0, 0.1) is 11.3 Å². The van der Waals surface area contributed by atoms with Gasteiger partial charge in [-0.05, 0) is 36.4 Å². The molecule has 0 aliphatic rings. The van der Waals surface area contributed by atoms with Crippen LogP contribution in [-0.4, -0.2) is 27.3 Å². The summed E-state index contributed by atoms with van der Waals surface area (Å²) in [7, 11) is 4.39. The maximum absolute atomic E-state index is 12.3. The van der Waals surface area contributed by atoms with Crippen molar-refractivity contribution in [3.8, 4) is 17.6 Å². The standard InChI is InChI=1S/C18H17BrN2O4/c1-23-15-8-13(14(19)9-16(15)24-2)17(18(22)25-3)21-12-6-4-11(10-20)5-7-12/h4-9,17,21H,1-3H3. The molecule has 0 aliphatic heterocycles. The first-order chi connectivity index (χ1) is 12.0. The molecule has 1 N–H and O–H groups in total. The number of nitriles is 1. The van der Waals surface area contributed by atoms with Gasteiger partial charge in [-0.2, -0.15) is 5.26 Å². The van der Waals surface area contributed by atoms with Gasteiger partial charge in [-0.1, -0.05) is 15.9 Å². The van der Waals surface area contributed by atoms with Gasteiger partial charge >= 0.3 is 5.97 Å². The second kappa shape index (κ2) is 8.40. The van der Waals surface area contributed by atoms with Gasteiger partial charge in [-0.3, -0.25) is 0 Å². The Hall–Kier alpha value is -2.72. The number of anilines is 1.